The second kappa shape index (κ2) is 7.87. The van der Waals surface area contributed by atoms with E-state index in [2.05, 4.69) is 4.99 Å². The van der Waals surface area contributed by atoms with Crippen LogP contribution in [-0.4, -0.2) is 45.9 Å². The van der Waals surface area contributed by atoms with E-state index in [4.69, 9.17) is 0 Å². The highest BCUT2D eigenvalue weighted by atomic mass is 32.2. The van der Waals surface area contributed by atoms with Crippen molar-refractivity contribution in [2.24, 2.45) is 4.99 Å². The Morgan fingerprint density at radius 1 is 1.30 bits per heavy atom. The minimum atomic E-state index is -4.52. The van der Waals surface area contributed by atoms with Gasteiger partial charge in [-0.05, 0) is 31.4 Å². The molecule has 0 bridgehead atoms. The number of carbonyl (C=O) groups is 2. The van der Waals surface area contributed by atoms with E-state index in [1.54, 1.807) is 11.4 Å². The third-order valence-corrected chi connectivity index (χ3v) is 5.48. The minimum Gasteiger partial charge on any atom is -0.347 e. The van der Waals surface area contributed by atoms with Gasteiger partial charge in [-0.3, -0.25) is 14.5 Å². The van der Waals surface area contributed by atoms with Crippen LogP contribution in [0.2, 0.25) is 0 Å². The molecule has 3 rings (SSSR count). The largest absolute Gasteiger partial charge is 0.405 e. The molecule has 27 heavy (non-hydrogen) atoms. The van der Waals surface area contributed by atoms with Crippen molar-refractivity contribution in [2.45, 2.75) is 43.2 Å². The van der Waals surface area contributed by atoms with Gasteiger partial charge in [0.1, 0.15) is 23.3 Å². The molecule has 1 heterocycles. The molecule has 1 aromatic carbocycles. The Morgan fingerprint density at radius 3 is 2.59 bits per heavy atom. The highest BCUT2D eigenvalue weighted by Crippen LogP contribution is 2.38. The fourth-order valence-corrected chi connectivity index (χ4v) is 3.97. The third-order valence-electron chi connectivity index (χ3n) is 4.33. The SMILES string of the molecule is O=C(CC1SC(=Nc2ccccc2F)N(C2CCC2)C1=O)NCC(F)(F)F. The number of benzene rings is 1. The molecule has 1 aliphatic carbocycles. The number of halogens is 4. The number of thioether (sulfide) groups is 1. The van der Waals surface area contributed by atoms with Crippen molar-refractivity contribution in [3.05, 3.63) is 30.1 Å². The van der Waals surface area contributed by atoms with Crippen LogP contribution < -0.4 is 5.32 Å². The second-order valence-electron chi connectivity index (χ2n) is 6.34. The van der Waals surface area contributed by atoms with Gasteiger partial charge in [-0.1, -0.05) is 23.9 Å². The third kappa shape index (κ3) is 4.79. The van der Waals surface area contributed by atoms with Crippen molar-refractivity contribution in [1.29, 1.82) is 0 Å². The van der Waals surface area contributed by atoms with Crippen molar-refractivity contribution in [2.75, 3.05) is 6.54 Å². The number of hydrogen-bond donors (Lipinski definition) is 1. The van der Waals surface area contributed by atoms with Gasteiger partial charge in [0.05, 0.1) is 0 Å². The van der Waals surface area contributed by atoms with Crippen molar-refractivity contribution in [3.8, 4) is 0 Å². The molecule has 1 saturated heterocycles. The zero-order valence-corrected chi connectivity index (χ0v) is 14.9. The van der Waals surface area contributed by atoms with Gasteiger partial charge in [-0.25, -0.2) is 9.38 Å². The molecule has 1 unspecified atom stereocenters. The molecule has 146 valence electrons. The Kier molecular flexibility index (Phi) is 5.73. The predicted octanol–water partition coefficient (Wildman–Crippen LogP) is 3.38. The summed E-state index contributed by atoms with van der Waals surface area (Å²) in [6, 6.07) is 5.77. The molecule has 1 N–H and O–H groups in total. The molecule has 2 aliphatic rings. The maximum absolute atomic E-state index is 13.9. The predicted molar refractivity (Wildman–Crippen MR) is 93.0 cm³/mol. The number of carbonyl (C=O) groups excluding carboxylic acids is 2. The average Bonchev–Trinajstić information content (AvgIpc) is 2.82. The Morgan fingerprint density at radius 2 is 2.00 bits per heavy atom. The Labute approximate surface area is 157 Å². The zero-order chi connectivity index (χ0) is 19.6. The summed E-state index contributed by atoms with van der Waals surface area (Å²) in [6.07, 6.45) is -2.41. The van der Waals surface area contributed by atoms with Crippen molar-refractivity contribution < 1.29 is 27.2 Å². The van der Waals surface area contributed by atoms with E-state index < -0.39 is 29.7 Å². The lowest BCUT2D eigenvalue weighted by Crippen LogP contribution is -2.45. The van der Waals surface area contributed by atoms with Crippen molar-refractivity contribution >= 4 is 34.4 Å². The van der Waals surface area contributed by atoms with Gasteiger partial charge in [0.2, 0.25) is 11.8 Å². The van der Waals surface area contributed by atoms with E-state index in [9.17, 15) is 27.2 Å². The van der Waals surface area contributed by atoms with Crippen LogP contribution in [0.25, 0.3) is 0 Å². The fourth-order valence-electron chi connectivity index (χ4n) is 2.76. The van der Waals surface area contributed by atoms with Crippen LogP contribution in [0.3, 0.4) is 0 Å². The van der Waals surface area contributed by atoms with Gasteiger partial charge in [0, 0.05) is 12.5 Å². The van der Waals surface area contributed by atoms with E-state index in [0.717, 1.165) is 31.0 Å². The zero-order valence-electron chi connectivity index (χ0n) is 14.1. The van der Waals surface area contributed by atoms with Crippen molar-refractivity contribution in [1.82, 2.24) is 10.2 Å². The van der Waals surface area contributed by atoms with E-state index >= 15 is 0 Å². The van der Waals surface area contributed by atoms with Gasteiger partial charge in [0.25, 0.3) is 0 Å². The van der Waals surface area contributed by atoms with Crippen LogP contribution in [0.5, 0.6) is 0 Å². The molecule has 2 fully saturated rings. The second-order valence-corrected chi connectivity index (χ2v) is 7.51. The molecular formula is C17H17F4N3O2S. The molecular weight excluding hydrogens is 386 g/mol. The summed E-state index contributed by atoms with van der Waals surface area (Å²) >= 11 is 0.987. The highest BCUT2D eigenvalue weighted by Gasteiger charge is 2.44. The summed E-state index contributed by atoms with van der Waals surface area (Å²) < 4.78 is 50.6. The fraction of sp³-hybridized carbons (Fsp3) is 0.471. The minimum absolute atomic E-state index is 0.0688. The van der Waals surface area contributed by atoms with Crippen LogP contribution in [0.1, 0.15) is 25.7 Å². The van der Waals surface area contributed by atoms with Crippen LogP contribution in [-0.2, 0) is 9.59 Å². The summed E-state index contributed by atoms with van der Waals surface area (Å²) in [7, 11) is 0. The lowest BCUT2D eigenvalue weighted by Gasteiger charge is -2.34. The number of para-hydroxylation sites is 1. The maximum atomic E-state index is 13.9. The van der Waals surface area contributed by atoms with Crippen LogP contribution >= 0.6 is 11.8 Å². The van der Waals surface area contributed by atoms with Gasteiger partial charge >= 0.3 is 6.18 Å². The number of rotatable bonds is 5. The van der Waals surface area contributed by atoms with E-state index in [1.807, 2.05) is 0 Å². The summed E-state index contributed by atoms with van der Waals surface area (Å²) in [5, 5.41) is 1.18. The summed E-state index contributed by atoms with van der Waals surface area (Å²) in [4.78, 5) is 30.2. The highest BCUT2D eigenvalue weighted by molar-refractivity contribution is 8.15. The smallest absolute Gasteiger partial charge is 0.347 e. The average molecular weight is 403 g/mol. The molecule has 2 amide bonds. The lowest BCUT2D eigenvalue weighted by molar-refractivity contribution is -0.139. The Bertz CT molecular complexity index is 765. The normalized spacial score (nSPS) is 22.2. The standard InChI is InChI=1S/C17H17F4N3O2S/c18-11-6-1-2-7-12(11)23-16-24(10-4-3-5-10)15(26)13(27-16)8-14(25)22-9-17(19,20)21/h1-2,6-7,10,13H,3-5,8-9H2,(H,22,25). The number of amides is 2. The van der Waals surface area contributed by atoms with Crippen LogP contribution in [0, 0.1) is 5.82 Å². The first-order valence-corrected chi connectivity index (χ1v) is 9.29. The molecule has 1 aliphatic heterocycles. The molecule has 5 nitrogen and oxygen atoms in total. The van der Waals surface area contributed by atoms with Gasteiger partial charge in [0.15, 0.2) is 5.17 Å². The molecule has 0 spiro atoms. The summed E-state index contributed by atoms with van der Waals surface area (Å²) in [5.41, 5.74) is 0.0688. The number of hydrogen-bond acceptors (Lipinski definition) is 4. The monoisotopic (exact) mass is 403 g/mol. The number of nitrogens with one attached hydrogen (secondary N) is 1. The number of aliphatic imine (C=N–C) groups is 1. The lowest BCUT2D eigenvalue weighted by atomic mass is 9.91. The molecule has 0 aromatic heterocycles. The first-order chi connectivity index (χ1) is 12.7. The van der Waals surface area contributed by atoms with E-state index in [1.165, 1.54) is 23.1 Å². The van der Waals surface area contributed by atoms with Crippen molar-refractivity contribution in [3.63, 3.8) is 0 Å². The topological polar surface area (TPSA) is 61.8 Å². The summed E-state index contributed by atoms with van der Waals surface area (Å²) in [6.45, 7) is -1.44. The number of amidine groups is 1. The molecule has 0 radical (unpaired) electrons. The van der Waals surface area contributed by atoms with Gasteiger partial charge in [-0.2, -0.15) is 13.2 Å². The van der Waals surface area contributed by atoms with Crippen LogP contribution in [0.15, 0.2) is 29.3 Å². The number of nitrogens with zero attached hydrogens (tertiary/aromatic N) is 2. The van der Waals surface area contributed by atoms with Gasteiger partial charge in [-0.15, -0.1) is 0 Å². The Hall–Kier alpha value is -2.10. The molecule has 1 aromatic rings. The molecule has 1 saturated carbocycles. The summed E-state index contributed by atoms with van der Waals surface area (Å²) in [5.74, 6) is -1.78. The number of alkyl halides is 3. The quantitative estimate of drug-likeness (QED) is 0.767. The van der Waals surface area contributed by atoms with Crippen LogP contribution in [0.4, 0.5) is 23.2 Å². The Balaban J connectivity index is 1.75. The van der Waals surface area contributed by atoms with Gasteiger partial charge < -0.3 is 5.32 Å². The first kappa shape index (κ1) is 19.7. The molecule has 1 atom stereocenters. The molecule has 10 heteroatoms. The maximum Gasteiger partial charge on any atom is 0.405 e. The first-order valence-electron chi connectivity index (χ1n) is 8.41. The van der Waals surface area contributed by atoms with E-state index in [-0.39, 0.29) is 29.2 Å². The van der Waals surface area contributed by atoms with E-state index in [0.29, 0.717) is 0 Å².